The summed E-state index contributed by atoms with van der Waals surface area (Å²) >= 11 is 0. The minimum absolute atomic E-state index is 0.274. The minimum Gasteiger partial charge on any atom is -0.296 e. The van der Waals surface area contributed by atoms with E-state index >= 15 is 0 Å². The van der Waals surface area contributed by atoms with Crippen LogP contribution in [0.5, 0.6) is 0 Å². The van der Waals surface area contributed by atoms with Gasteiger partial charge in [0.15, 0.2) is 5.78 Å². The molecule has 1 fully saturated rings. The first-order chi connectivity index (χ1) is 11.3. The maximum absolute atomic E-state index is 12.6. The van der Waals surface area contributed by atoms with Crippen LogP contribution in [0.1, 0.15) is 48.0 Å². The number of hydrogen-bond donors (Lipinski definition) is 0. The number of ketones is 1. The normalized spacial score (nSPS) is 19.2. The maximum Gasteiger partial charge on any atom is 0.164 e. The number of nitrogens with zero attached hydrogens (tertiary/aromatic N) is 1. The second-order valence-electron chi connectivity index (χ2n) is 6.45. The summed E-state index contributed by atoms with van der Waals surface area (Å²) < 4.78 is 0. The fourth-order valence-corrected chi connectivity index (χ4v) is 3.45. The zero-order valence-electron chi connectivity index (χ0n) is 13.7. The molecule has 120 valence electrons. The van der Waals surface area contributed by atoms with Crippen molar-refractivity contribution in [2.45, 2.75) is 44.7 Å². The van der Waals surface area contributed by atoms with Crippen LogP contribution in [0.4, 0.5) is 0 Å². The summed E-state index contributed by atoms with van der Waals surface area (Å²) in [5.74, 6) is 0.274. The predicted octanol–water partition coefficient (Wildman–Crippen LogP) is 4.70. The Labute approximate surface area is 139 Å². The highest BCUT2D eigenvalue weighted by Gasteiger charge is 2.24. The molecule has 0 aliphatic carbocycles. The van der Waals surface area contributed by atoms with Crippen molar-refractivity contribution in [1.29, 1.82) is 0 Å². The Bertz CT molecular complexity index is 608. The van der Waals surface area contributed by atoms with Crippen LogP contribution in [-0.2, 0) is 6.54 Å². The van der Waals surface area contributed by atoms with Crippen molar-refractivity contribution in [2.24, 2.45) is 0 Å². The minimum atomic E-state index is 0.274. The van der Waals surface area contributed by atoms with Crippen LogP contribution in [0.3, 0.4) is 0 Å². The number of likely N-dealkylation sites (tertiary alicyclic amines) is 1. The SMILES string of the molecule is O=C(C[C@@H]1CCCCCN1Cc1ccccc1)c1ccccc1. The zero-order valence-corrected chi connectivity index (χ0v) is 13.7. The molecule has 0 amide bonds. The van der Waals surface area contributed by atoms with Gasteiger partial charge in [-0.2, -0.15) is 0 Å². The Hall–Kier alpha value is -1.93. The van der Waals surface area contributed by atoms with E-state index in [2.05, 4.69) is 35.2 Å². The molecule has 0 bridgehead atoms. The standard InChI is InChI=1S/C21H25NO/c23-21(19-12-6-2-7-13-19)16-20-14-8-3-9-15-22(20)17-18-10-4-1-5-11-18/h1-2,4-7,10-13,20H,3,8-9,14-17H2/t20-/m0/s1. The van der Waals surface area contributed by atoms with Crippen LogP contribution in [-0.4, -0.2) is 23.3 Å². The van der Waals surface area contributed by atoms with E-state index in [4.69, 9.17) is 0 Å². The van der Waals surface area contributed by atoms with Gasteiger partial charge in [-0.05, 0) is 24.9 Å². The lowest BCUT2D eigenvalue weighted by atomic mass is 9.99. The predicted molar refractivity (Wildman–Crippen MR) is 94.5 cm³/mol. The molecule has 0 aromatic heterocycles. The van der Waals surface area contributed by atoms with Gasteiger partial charge in [-0.1, -0.05) is 73.5 Å². The number of carbonyl (C=O) groups is 1. The Morgan fingerprint density at radius 1 is 0.913 bits per heavy atom. The van der Waals surface area contributed by atoms with Crippen LogP contribution < -0.4 is 0 Å². The van der Waals surface area contributed by atoms with Crippen molar-refractivity contribution in [2.75, 3.05) is 6.54 Å². The van der Waals surface area contributed by atoms with E-state index in [-0.39, 0.29) is 5.78 Å². The van der Waals surface area contributed by atoms with Crippen LogP contribution >= 0.6 is 0 Å². The summed E-state index contributed by atoms with van der Waals surface area (Å²) in [6.07, 6.45) is 5.52. The molecule has 0 N–H and O–H groups in total. The molecule has 1 atom stereocenters. The molecule has 2 nitrogen and oxygen atoms in total. The summed E-state index contributed by atoms with van der Waals surface area (Å²) in [6, 6.07) is 20.7. The van der Waals surface area contributed by atoms with Gasteiger partial charge in [0.1, 0.15) is 0 Å². The Morgan fingerprint density at radius 3 is 2.35 bits per heavy atom. The molecule has 2 aromatic carbocycles. The van der Waals surface area contributed by atoms with Crippen molar-refractivity contribution < 1.29 is 4.79 Å². The van der Waals surface area contributed by atoms with Crippen molar-refractivity contribution in [1.82, 2.24) is 4.90 Å². The zero-order chi connectivity index (χ0) is 15.9. The molecule has 23 heavy (non-hydrogen) atoms. The molecule has 3 rings (SSSR count). The van der Waals surface area contributed by atoms with Gasteiger partial charge in [0.2, 0.25) is 0 Å². The second-order valence-corrected chi connectivity index (χ2v) is 6.45. The fraction of sp³-hybridized carbons (Fsp3) is 0.381. The van der Waals surface area contributed by atoms with Crippen molar-refractivity contribution in [3.63, 3.8) is 0 Å². The fourth-order valence-electron chi connectivity index (χ4n) is 3.45. The molecular weight excluding hydrogens is 282 g/mol. The lowest BCUT2D eigenvalue weighted by molar-refractivity contribution is 0.0911. The molecule has 2 heteroatoms. The molecule has 1 aliphatic rings. The molecule has 0 saturated carbocycles. The average molecular weight is 307 g/mol. The van der Waals surface area contributed by atoms with Gasteiger partial charge >= 0.3 is 0 Å². The van der Waals surface area contributed by atoms with E-state index in [9.17, 15) is 4.79 Å². The summed E-state index contributed by atoms with van der Waals surface area (Å²) in [6.45, 7) is 2.05. The van der Waals surface area contributed by atoms with Gasteiger partial charge in [0.05, 0.1) is 0 Å². The van der Waals surface area contributed by atoms with Crippen LogP contribution in [0.25, 0.3) is 0 Å². The quantitative estimate of drug-likeness (QED) is 0.746. The highest BCUT2D eigenvalue weighted by Crippen LogP contribution is 2.23. The number of rotatable bonds is 5. The van der Waals surface area contributed by atoms with E-state index in [1.165, 1.54) is 24.8 Å². The van der Waals surface area contributed by atoms with Gasteiger partial charge in [-0.25, -0.2) is 0 Å². The van der Waals surface area contributed by atoms with E-state index in [0.717, 1.165) is 25.1 Å². The number of hydrogen-bond acceptors (Lipinski definition) is 2. The smallest absolute Gasteiger partial charge is 0.164 e. The third kappa shape index (κ3) is 4.52. The Kier molecular flexibility index (Phi) is 5.60. The van der Waals surface area contributed by atoms with Crippen LogP contribution in [0, 0.1) is 0 Å². The van der Waals surface area contributed by atoms with E-state index in [0.29, 0.717) is 12.5 Å². The van der Waals surface area contributed by atoms with Gasteiger partial charge in [-0.3, -0.25) is 9.69 Å². The van der Waals surface area contributed by atoms with Gasteiger partial charge < -0.3 is 0 Å². The summed E-state index contributed by atoms with van der Waals surface area (Å²) in [5.41, 5.74) is 2.18. The van der Waals surface area contributed by atoms with Crippen LogP contribution in [0.2, 0.25) is 0 Å². The molecule has 1 heterocycles. The first-order valence-electron chi connectivity index (χ1n) is 8.69. The summed E-state index contributed by atoms with van der Waals surface area (Å²) in [7, 11) is 0. The lowest BCUT2D eigenvalue weighted by Gasteiger charge is -2.29. The molecule has 0 radical (unpaired) electrons. The monoisotopic (exact) mass is 307 g/mol. The Morgan fingerprint density at radius 2 is 1.61 bits per heavy atom. The summed E-state index contributed by atoms with van der Waals surface area (Å²) in [5, 5.41) is 0. The Balaban J connectivity index is 1.70. The number of carbonyl (C=O) groups excluding carboxylic acids is 1. The largest absolute Gasteiger partial charge is 0.296 e. The van der Waals surface area contributed by atoms with Crippen LogP contribution in [0.15, 0.2) is 60.7 Å². The molecule has 1 saturated heterocycles. The molecule has 2 aromatic rings. The third-order valence-corrected chi connectivity index (χ3v) is 4.74. The molecule has 0 spiro atoms. The topological polar surface area (TPSA) is 20.3 Å². The maximum atomic E-state index is 12.6. The van der Waals surface area contributed by atoms with Gasteiger partial charge in [0, 0.05) is 24.6 Å². The summed E-state index contributed by atoms with van der Waals surface area (Å²) in [4.78, 5) is 15.1. The van der Waals surface area contributed by atoms with Gasteiger partial charge in [-0.15, -0.1) is 0 Å². The molecule has 0 unspecified atom stereocenters. The van der Waals surface area contributed by atoms with Crippen molar-refractivity contribution in [3.05, 3.63) is 71.8 Å². The molecular formula is C21H25NO. The van der Waals surface area contributed by atoms with Gasteiger partial charge in [0.25, 0.3) is 0 Å². The highest BCUT2D eigenvalue weighted by molar-refractivity contribution is 5.96. The first kappa shape index (κ1) is 15.9. The van der Waals surface area contributed by atoms with E-state index < -0.39 is 0 Å². The molecule has 1 aliphatic heterocycles. The van der Waals surface area contributed by atoms with Crippen molar-refractivity contribution >= 4 is 5.78 Å². The highest BCUT2D eigenvalue weighted by atomic mass is 16.1. The van der Waals surface area contributed by atoms with E-state index in [1.807, 2.05) is 30.3 Å². The third-order valence-electron chi connectivity index (χ3n) is 4.74. The number of Topliss-reactive ketones (excluding diaryl/α,β-unsaturated/α-hetero) is 1. The first-order valence-corrected chi connectivity index (χ1v) is 8.69. The lowest BCUT2D eigenvalue weighted by Crippen LogP contribution is -2.36. The number of benzene rings is 2. The van der Waals surface area contributed by atoms with E-state index in [1.54, 1.807) is 0 Å². The second kappa shape index (κ2) is 8.07. The average Bonchev–Trinajstić information content (AvgIpc) is 2.82. The van der Waals surface area contributed by atoms with Crippen molar-refractivity contribution in [3.8, 4) is 0 Å².